The zero-order valence-corrected chi connectivity index (χ0v) is 9.63. The van der Waals surface area contributed by atoms with Gasteiger partial charge in [-0.3, -0.25) is 0 Å². The van der Waals surface area contributed by atoms with E-state index in [1.54, 1.807) is 0 Å². The molecular weight excluding hydrogens is 164 g/mol. The summed E-state index contributed by atoms with van der Waals surface area (Å²) >= 11 is 0. The third-order valence-corrected chi connectivity index (χ3v) is 2.28. The van der Waals surface area contributed by atoms with Crippen molar-refractivity contribution >= 4 is 0 Å². The van der Waals surface area contributed by atoms with Crippen molar-refractivity contribution in [3.8, 4) is 0 Å². The number of rotatable bonds is 5. The molecule has 0 aromatic heterocycles. The lowest BCUT2D eigenvalue weighted by Gasteiger charge is -2.25. The first-order valence-electron chi connectivity index (χ1n) is 5.22. The largest absolute Gasteiger partial charge is 0.390 e. The first-order valence-corrected chi connectivity index (χ1v) is 5.22. The standard InChI is InChI=1S/C11H24O2/c1-6-9(7-2)10(12)8-13-11(3,4)5/h9-10,12H,6-8H2,1-5H3. The van der Waals surface area contributed by atoms with Crippen molar-refractivity contribution in [2.45, 2.75) is 59.2 Å². The molecule has 0 saturated carbocycles. The molecule has 0 amide bonds. The van der Waals surface area contributed by atoms with E-state index < -0.39 is 0 Å². The van der Waals surface area contributed by atoms with Gasteiger partial charge in [0, 0.05) is 0 Å². The van der Waals surface area contributed by atoms with E-state index in [0.29, 0.717) is 12.5 Å². The minimum atomic E-state index is -0.311. The van der Waals surface area contributed by atoms with Gasteiger partial charge in [-0.1, -0.05) is 26.7 Å². The van der Waals surface area contributed by atoms with Crippen LogP contribution in [0.2, 0.25) is 0 Å². The number of aliphatic hydroxyl groups is 1. The Morgan fingerprint density at radius 3 is 1.92 bits per heavy atom. The average Bonchev–Trinajstić information content (AvgIpc) is 2.02. The van der Waals surface area contributed by atoms with Gasteiger partial charge in [0.15, 0.2) is 0 Å². The fourth-order valence-corrected chi connectivity index (χ4v) is 1.30. The molecule has 0 heterocycles. The highest BCUT2D eigenvalue weighted by atomic mass is 16.5. The van der Waals surface area contributed by atoms with Crippen LogP contribution in [-0.2, 0) is 4.74 Å². The summed E-state index contributed by atoms with van der Waals surface area (Å²) in [6.07, 6.45) is 1.73. The van der Waals surface area contributed by atoms with Gasteiger partial charge < -0.3 is 9.84 Å². The van der Waals surface area contributed by atoms with Crippen LogP contribution < -0.4 is 0 Å². The Balaban J connectivity index is 3.78. The predicted octanol–water partition coefficient (Wildman–Crippen LogP) is 2.60. The molecule has 0 spiro atoms. The molecule has 0 saturated heterocycles. The zero-order valence-electron chi connectivity index (χ0n) is 9.63. The Morgan fingerprint density at radius 1 is 1.15 bits per heavy atom. The summed E-state index contributed by atoms with van der Waals surface area (Å²) in [5.74, 6) is 0.377. The van der Waals surface area contributed by atoms with Gasteiger partial charge in [-0.25, -0.2) is 0 Å². The van der Waals surface area contributed by atoms with E-state index in [1.807, 2.05) is 20.8 Å². The summed E-state index contributed by atoms with van der Waals surface area (Å²) in [7, 11) is 0. The van der Waals surface area contributed by atoms with E-state index in [1.165, 1.54) is 0 Å². The molecule has 0 radical (unpaired) electrons. The summed E-state index contributed by atoms with van der Waals surface area (Å²) in [5, 5.41) is 9.75. The monoisotopic (exact) mass is 188 g/mol. The second-order valence-corrected chi connectivity index (χ2v) is 4.57. The fourth-order valence-electron chi connectivity index (χ4n) is 1.30. The molecule has 1 unspecified atom stereocenters. The van der Waals surface area contributed by atoms with Crippen molar-refractivity contribution in [3.05, 3.63) is 0 Å². The van der Waals surface area contributed by atoms with Gasteiger partial charge in [-0.2, -0.15) is 0 Å². The van der Waals surface area contributed by atoms with E-state index in [2.05, 4.69) is 13.8 Å². The SMILES string of the molecule is CCC(CC)C(O)COC(C)(C)C. The van der Waals surface area contributed by atoms with Gasteiger partial charge in [0.05, 0.1) is 18.3 Å². The zero-order chi connectivity index (χ0) is 10.5. The van der Waals surface area contributed by atoms with Crippen LogP contribution >= 0.6 is 0 Å². The van der Waals surface area contributed by atoms with Crippen LogP contribution in [-0.4, -0.2) is 23.4 Å². The molecule has 0 aliphatic carbocycles. The quantitative estimate of drug-likeness (QED) is 0.718. The van der Waals surface area contributed by atoms with E-state index in [4.69, 9.17) is 4.74 Å². The maximum Gasteiger partial charge on any atom is 0.0801 e. The van der Waals surface area contributed by atoms with Crippen LogP contribution in [0.5, 0.6) is 0 Å². The summed E-state index contributed by atoms with van der Waals surface area (Å²) in [6.45, 7) is 10.7. The van der Waals surface area contributed by atoms with Gasteiger partial charge in [-0.15, -0.1) is 0 Å². The lowest BCUT2D eigenvalue weighted by Crippen LogP contribution is -2.30. The summed E-state index contributed by atoms with van der Waals surface area (Å²) in [4.78, 5) is 0. The number of hydrogen-bond acceptors (Lipinski definition) is 2. The number of aliphatic hydroxyl groups excluding tert-OH is 1. The first-order chi connectivity index (χ1) is 5.90. The molecule has 0 aliphatic heterocycles. The Bertz CT molecular complexity index is 123. The van der Waals surface area contributed by atoms with Crippen LogP contribution in [0.3, 0.4) is 0 Å². The normalized spacial score (nSPS) is 15.0. The maximum atomic E-state index is 9.75. The highest BCUT2D eigenvalue weighted by molar-refractivity contribution is 4.68. The molecule has 1 N–H and O–H groups in total. The highest BCUT2D eigenvalue weighted by Crippen LogP contribution is 2.16. The van der Waals surface area contributed by atoms with Gasteiger partial charge in [0.25, 0.3) is 0 Å². The molecule has 2 heteroatoms. The minimum Gasteiger partial charge on any atom is -0.390 e. The molecule has 1 atom stereocenters. The number of ether oxygens (including phenoxy) is 1. The van der Waals surface area contributed by atoms with Gasteiger partial charge in [-0.05, 0) is 26.7 Å². The molecule has 0 rings (SSSR count). The summed E-state index contributed by atoms with van der Waals surface area (Å²) < 4.78 is 5.53. The van der Waals surface area contributed by atoms with Crippen molar-refractivity contribution in [3.63, 3.8) is 0 Å². The van der Waals surface area contributed by atoms with E-state index in [-0.39, 0.29) is 11.7 Å². The molecule has 0 fully saturated rings. The molecular formula is C11H24O2. The molecule has 80 valence electrons. The van der Waals surface area contributed by atoms with Crippen molar-refractivity contribution in [2.75, 3.05) is 6.61 Å². The maximum absolute atomic E-state index is 9.75. The van der Waals surface area contributed by atoms with Gasteiger partial charge >= 0.3 is 0 Å². The third kappa shape index (κ3) is 6.05. The average molecular weight is 188 g/mol. The third-order valence-electron chi connectivity index (χ3n) is 2.28. The molecule has 0 aliphatic rings. The molecule has 0 aromatic carbocycles. The topological polar surface area (TPSA) is 29.5 Å². The minimum absolute atomic E-state index is 0.146. The van der Waals surface area contributed by atoms with Crippen LogP contribution in [0.25, 0.3) is 0 Å². The van der Waals surface area contributed by atoms with Crippen molar-refractivity contribution in [2.24, 2.45) is 5.92 Å². The fraction of sp³-hybridized carbons (Fsp3) is 1.00. The Hall–Kier alpha value is -0.0800. The highest BCUT2D eigenvalue weighted by Gasteiger charge is 2.18. The molecule has 2 nitrogen and oxygen atoms in total. The number of hydrogen-bond donors (Lipinski definition) is 1. The van der Waals surface area contributed by atoms with Crippen LogP contribution in [0, 0.1) is 5.92 Å². The van der Waals surface area contributed by atoms with Crippen LogP contribution in [0.15, 0.2) is 0 Å². The Morgan fingerprint density at radius 2 is 1.62 bits per heavy atom. The van der Waals surface area contributed by atoms with E-state index >= 15 is 0 Å². The lowest BCUT2D eigenvalue weighted by molar-refractivity contribution is -0.0654. The van der Waals surface area contributed by atoms with Gasteiger partial charge in [0.2, 0.25) is 0 Å². The Kier molecular flexibility index (Phi) is 5.57. The van der Waals surface area contributed by atoms with Crippen molar-refractivity contribution in [1.29, 1.82) is 0 Å². The van der Waals surface area contributed by atoms with E-state index in [0.717, 1.165) is 12.8 Å². The molecule has 0 aromatic rings. The van der Waals surface area contributed by atoms with Gasteiger partial charge in [0.1, 0.15) is 0 Å². The van der Waals surface area contributed by atoms with Crippen molar-refractivity contribution < 1.29 is 9.84 Å². The molecule has 0 bridgehead atoms. The smallest absolute Gasteiger partial charge is 0.0801 e. The van der Waals surface area contributed by atoms with Crippen LogP contribution in [0.1, 0.15) is 47.5 Å². The molecule has 13 heavy (non-hydrogen) atoms. The lowest BCUT2D eigenvalue weighted by atomic mass is 9.97. The second-order valence-electron chi connectivity index (χ2n) is 4.57. The van der Waals surface area contributed by atoms with E-state index in [9.17, 15) is 5.11 Å². The van der Waals surface area contributed by atoms with Crippen molar-refractivity contribution in [1.82, 2.24) is 0 Å². The van der Waals surface area contributed by atoms with Crippen LogP contribution in [0.4, 0.5) is 0 Å². The first kappa shape index (κ1) is 12.9. The summed E-state index contributed by atoms with van der Waals surface area (Å²) in [5.41, 5.74) is -0.146. The Labute approximate surface area is 82.3 Å². The second kappa shape index (κ2) is 5.61. The predicted molar refractivity (Wildman–Crippen MR) is 55.8 cm³/mol. The summed E-state index contributed by atoms with van der Waals surface area (Å²) in [6, 6.07) is 0.